The highest BCUT2D eigenvalue weighted by atomic mass is 127. The third-order valence-electron chi connectivity index (χ3n) is 2.28. The SMILES string of the molecule is CNC(COC)c1cccc(C)c1I. The smallest absolute Gasteiger partial charge is 0.0657 e. The Morgan fingerprint density at radius 1 is 1.50 bits per heavy atom. The number of likely N-dealkylation sites (N-methyl/N-ethyl adjacent to an activating group) is 1. The first-order valence-corrected chi connectivity index (χ1v) is 5.69. The van der Waals surface area contributed by atoms with Gasteiger partial charge >= 0.3 is 0 Å². The van der Waals surface area contributed by atoms with Crippen LogP contribution >= 0.6 is 22.6 Å². The molecule has 1 N–H and O–H groups in total. The van der Waals surface area contributed by atoms with Gasteiger partial charge in [0.05, 0.1) is 12.6 Å². The zero-order valence-electron chi connectivity index (χ0n) is 8.80. The summed E-state index contributed by atoms with van der Waals surface area (Å²) in [5, 5.41) is 3.26. The van der Waals surface area contributed by atoms with Crippen molar-refractivity contribution in [2.45, 2.75) is 13.0 Å². The van der Waals surface area contributed by atoms with E-state index in [2.05, 4.69) is 53.0 Å². The molecule has 0 radical (unpaired) electrons. The van der Waals surface area contributed by atoms with Crippen LogP contribution in [0.1, 0.15) is 17.2 Å². The molecule has 0 aliphatic carbocycles. The number of methoxy groups -OCH3 is 1. The molecule has 0 bridgehead atoms. The first-order valence-electron chi connectivity index (χ1n) is 4.62. The van der Waals surface area contributed by atoms with E-state index >= 15 is 0 Å². The number of ether oxygens (including phenoxy) is 1. The average Bonchev–Trinajstić information content (AvgIpc) is 2.19. The number of aryl methyl sites for hydroxylation is 1. The van der Waals surface area contributed by atoms with Crippen molar-refractivity contribution in [1.82, 2.24) is 5.32 Å². The maximum Gasteiger partial charge on any atom is 0.0657 e. The largest absolute Gasteiger partial charge is 0.383 e. The molecule has 0 amide bonds. The number of rotatable bonds is 4. The number of hydrogen-bond donors (Lipinski definition) is 1. The van der Waals surface area contributed by atoms with Crippen LogP contribution in [0, 0.1) is 10.5 Å². The molecule has 14 heavy (non-hydrogen) atoms. The van der Waals surface area contributed by atoms with Crippen molar-refractivity contribution in [3.05, 3.63) is 32.9 Å². The molecule has 0 aromatic heterocycles. The Morgan fingerprint density at radius 2 is 2.21 bits per heavy atom. The quantitative estimate of drug-likeness (QED) is 0.863. The third kappa shape index (κ3) is 2.68. The summed E-state index contributed by atoms with van der Waals surface area (Å²) in [5.74, 6) is 0. The zero-order valence-corrected chi connectivity index (χ0v) is 11.0. The van der Waals surface area contributed by atoms with Crippen LogP contribution in [0.3, 0.4) is 0 Å². The lowest BCUT2D eigenvalue weighted by Crippen LogP contribution is -2.22. The van der Waals surface area contributed by atoms with Gasteiger partial charge in [-0.2, -0.15) is 0 Å². The Morgan fingerprint density at radius 3 is 2.79 bits per heavy atom. The van der Waals surface area contributed by atoms with Crippen molar-refractivity contribution in [2.24, 2.45) is 0 Å². The van der Waals surface area contributed by atoms with Crippen LogP contribution in [0.25, 0.3) is 0 Å². The monoisotopic (exact) mass is 305 g/mol. The van der Waals surface area contributed by atoms with Gasteiger partial charge in [-0.05, 0) is 47.7 Å². The zero-order chi connectivity index (χ0) is 10.6. The minimum absolute atomic E-state index is 0.284. The Kier molecular flexibility index (Phi) is 4.84. The highest BCUT2D eigenvalue weighted by molar-refractivity contribution is 14.1. The van der Waals surface area contributed by atoms with Gasteiger partial charge in [0.25, 0.3) is 0 Å². The molecule has 0 aliphatic heterocycles. The Hall–Kier alpha value is -0.130. The molecule has 1 rings (SSSR count). The van der Waals surface area contributed by atoms with Crippen molar-refractivity contribution >= 4 is 22.6 Å². The van der Waals surface area contributed by atoms with Crippen LogP contribution in [0.15, 0.2) is 18.2 Å². The first kappa shape index (κ1) is 11.9. The standard InChI is InChI=1S/C11H16INO/c1-8-5-4-6-9(11(8)12)10(13-2)7-14-3/h4-6,10,13H,7H2,1-3H3. The van der Waals surface area contributed by atoms with Crippen molar-refractivity contribution < 1.29 is 4.74 Å². The summed E-state index contributed by atoms with van der Waals surface area (Å²) in [4.78, 5) is 0. The van der Waals surface area contributed by atoms with Gasteiger partial charge in [0.15, 0.2) is 0 Å². The molecule has 1 aromatic carbocycles. The van der Waals surface area contributed by atoms with Crippen LogP contribution in [0.2, 0.25) is 0 Å². The first-order chi connectivity index (χ1) is 6.70. The molecule has 1 unspecified atom stereocenters. The highest BCUT2D eigenvalue weighted by Gasteiger charge is 2.12. The molecule has 78 valence electrons. The molecule has 0 spiro atoms. The van der Waals surface area contributed by atoms with E-state index < -0.39 is 0 Å². The van der Waals surface area contributed by atoms with E-state index in [0.717, 1.165) is 0 Å². The molecular weight excluding hydrogens is 289 g/mol. The van der Waals surface area contributed by atoms with Crippen molar-refractivity contribution in [2.75, 3.05) is 20.8 Å². The van der Waals surface area contributed by atoms with E-state index in [1.165, 1.54) is 14.7 Å². The van der Waals surface area contributed by atoms with Crippen LogP contribution < -0.4 is 5.32 Å². The second kappa shape index (κ2) is 5.68. The van der Waals surface area contributed by atoms with Crippen LogP contribution in [0.4, 0.5) is 0 Å². The molecular formula is C11H16INO. The Labute approximate surface area is 99.2 Å². The Balaban J connectivity index is 2.97. The molecule has 3 heteroatoms. The fourth-order valence-electron chi connectivity index (χ4n) is 1.43. The average molecular weight is 305 g/mol. The highest BCUT2D eigenvalue weighted by Crippen LogP contribution is 2.22. The number of nitrogens with one attached hydrogen (secondary N) is 1. The molecule has 1 aromatic rings. The lowest BCUT2D eigenvalue weighted by atomic mass is 10.1. The van der Waals surface area contributed by atoms with E-state index in [0.29, 0.717) is 6.61 Å². The second-order valence-corrected chi connectivity index (χ2v) is 4.35. The number of hydrogen-bond acceptors (Lipinski definition) is 2. The number of benzene rings is 1. The van der Waals surface area contributed by atoms with Gasteiger partial charge in [0, 0.05) is 10.7 Å². The summed E-state index contributed by atoms with van der Waals surface area (Å²) in [6.07, 6.45) is 0. The van der Waals surface area contributed by atoms with Gasteiger partial charge in [-0.15, -0.1) is 0 Å². The lowest BCUT2D eigenvalue weighted by molar-refractivity contribution is 0.170. The van der Waals surface area contributed by atoms with Crippen LogP contribution in [-0.2, 0) is 4.74 Å². The summed E-state index contributed by atoms with van der Waals surface area (Å²) in [7, 11) is 3.69. The third-order valence-corrected chi connectivity index (χ3v) is 3.75. The van der Waals surface area contributed by atoms with Crippen molar-refractivity contribution in [3.8, 4) is 0 Å². The lowest BCUT2D eigenvalue weighted by Gasteiger charge is -2.18. The summed E-state index contributed by atoms with van der Waals surface area (Å²) in [6.45, 7) is 2.83. The summed E-state index contributed by atoms with van der Waals surface area (Å²) in [5.41, 5.74) is 2.63. The van der Waals surface area contributed by atoms with Gasteiger partial charge in [0.1, 0.15) is 0 Å². The minimum atomic E-state index is 0.284. The van der Waals surface area contributed by atoms with Crippen molar-refractivity contribution in [3.63, 3.8) is 0 Å². The molecule has 0 fully saturated rings. The van der Waals surface area contributed by atoms with E-state index in [1.54, 1.807) is 7.11 Å². The topological polar surface area (TPSA) is 21.3 Å². The fraction of sp³-hybridized carbons (Fsp3) is 0.455. The fourth-order valence-corrected chi connectivity index (χ4v) is 2.17. The predicted molar refractivity (Wildman–Crippen MR) is 67.6 cm³/mol. The molecule has 2 nitrogen and oxygen atoms in total. The Bertz CT molecular complexity index is 301. The van der Waals surface area contributed by atoms with Crippen LogP contribution in [0.5, 0.6) is 0 Å². The molecule has 0 saturated carbocycles. The summed E-state index contributed by atoms with van der Waals surface area (Å²) >= 11 is 2.39. The van der Waals surface area contributed by atoms with Gasteiger partial charge in [-0.1, -0.05) is 18.2 Å². The van der Waals surface area contributed by atoms with Gasteiger partial charge in [-0.3, -0.25) is 0 Å². The van der Waals surface area contributed by atoms with E-state index in [1.807, 2.05) is 7.05 Å². The van der Waals surface area contributed by atoms with Gasteiger partial charge < -0.3 is 10.1 Å². The molecule has 0 saturated heterocycles. The van der Waals surface area contributed by atoms with Crippen molar-refractivity contribution in [1.29, 1.82) is 0 Å². The van der Waals surface area contributed by atoms with E-state index in [9.17, 15) is 0 Å². The maximum atomic E-state index is 5.18. The molecule has 1 atom stereocenters. The van der Waals surface area contributed by atoms with E-state index in [4.69, 9.17) is 4.74 Å². The van der Waals surface area contributed by atoms with Gasteiger partial charge in [0.2, 0.25) is 0 Å². The molecule has 0 aliphatic rings. The normalized spacial score (nSPS) is 12.9. The second-order valence-electron chi connectivity index (χ2n) is 3.27. The molecule has 0 heterocycles. The maximum absolute atomic E-state index is 5.18. The minimum Gasteiger partial charge on any atom is -0.383 e. The predicted octanol–water partition coefficient (Wildman–Crippen LogP) is 2.51. The van der Waals surface area contributed by atoms with Crippen LogP contribution in [-0.4, -0.2) is 20.8 Å². The van der Waals surface area contributed by atoms with Gasteiger partial charge in [-0.25, -0.2) is 0 Å². The summed E-state index contributed by atoms with van der Waals surface area (Å²) < 4.78 is 6.50. The van der Waals surface area contributed by atoms with E-state index in [-0.39, 0.29) is 6.04 Å². The number of halogens is 1. The summed E-state index contributed by atoms with van der Waals surface area (Å²) in [6, 6.07) is 6.65.